The molecular weight excluding hydrogens is 178 g/mol. The van der Waals surface area contributed by atoms with Crippen LogP contribution in [0, 0.1) is 0 Å². The molecule has 2 aliphatic rings. The molecule has 3 rings (SSSR count). The van der Waals surface area contributed by atoms with Gasteiger partial charge in [-0.2, -0.15) is 0 Å². The average molecular weight is 191 g/mol. The molecule has 1 nitrogen and oxygen atoms in total. The standard InChI is InChI=1S/C11H13NS/c1-2-7-11-9(5-1)10-6-3-4-8-12(10)13-11/h1-2,5,7,10H,3-4,6,8H2. The van der Waals surface area contributed by atoms with Crippen molar-refractivity contribution in [1.82, 2.24) is 4.31 Å². The number of hydrogen-bond acceptors (Lipinski definition) is 2. The smallest absolute Gasteiger partial charge is 0.0467 e. The SMILES string of the molecule is c1ccc2c(c1)SN1CCCCC21. The number of hydrogen-bond donors (Lipinski definition) is 0. The summed E-state index contributed by atoms with van der Waals surface area (Å²) in [6.45, 7) is 1.27. The van der Waals surface area contributed by atoms with E-state index in [1.54, 1.807) is 5.56 Å². The summed E-state index contributed by atoms with van der Waals surface area (Å²) in [6.07, 6.45) is 4.12. The molecule has 0 aromatic heterocycles. The van der Waals surface area contributed by atoms with Crippen LogP contribution in [0.25, 0.3) is 0 Å². The van der Waals surface area contributed by atoms with Crippen LogP contribution in [0.3, 0.4) is 0 Å². The van der Waals surface area contributed by atoms with Crippen LogP contribution in [0.2, 0.25) is 0 Å². The molecule has 2 heteroatoms. The summed E-state index contributed by atoms with van der Waals surface area (Å²) in [7, 11) is 0. The van der Waals surface area contributed by atoms with Gasteiger partial charge in [0.1, 0.15) is 0 Å². The van der Waals surface area contributed by atoms with Gasteiger partial charge >= 0.3 is 0 Å². The van der Waals surface area contributed by atoms with Gasteiger partial charge in [-0.1, -0.05) is 24.6 Å². The van der Waals surface area contributed by atoms with Gasteiger partial charge in [0, 0.05) is 17.5 Å². The summed E-state index contributed by atoms with van der Waals surface area (Å²) in [5.41, 5.74) is 1.56. The van der Waals surface area contributed by atoms with Gasteiger partial charge in [0.15, 0.2) is 0 Å². The monoisotopic (exact) mass is 191 g/mol. The van der Waals surface area contributed by atoms with Crippen molar-refractivity contribution < 1.29 is 0 Å². The highest BCUT2D eigenvalue weighted by atomic mass is 32.2. The second-order valence-electron chi connectivity index (χ2n) is 3.78. The second-order valence-corrected chi connectivity index (χ2v) is 4.87. The zero-order chi connectivity index (χ0) is 8.67. The Morgan fingerprint density at radius 3 is 3.15 bits per heavy atom. The van der Waals surface area contributed by atoms with Gasteiger partial charge in [0.2, 0.25) is 0 Å². The van der Waals surface area contributed by atoms with Crippen LogP contribution < -0.4 is 0 Å². The van der Waals surface area contributed by atoms with Gasteiger partial charge in [0.05, 0.1) is 0 Å². The lowest BCUT2D eigenvalue weighted by Gasteiger charge is -2.27. The van der Waals surface area contributed by atoms with Crippen molar-refractivity contribution in [3.8, 4) is 0 Å². The molecule has 0 saturated carbocycles. The van der Waals surface area contributed by atoms with Gasteiger partial charge in [-0.15, -0.1) is 0 Å². The first kappa shape index (κ1) is 7.89. The molecule has 1 aromatic rings. The number of nitrogens with zero attached hydrogens (tertiary/aromatic N) is 1. The Kier molecular flexibility index (Phi) is 1.84. The summed E-state index contributed by atoms with van der Waals surface area (Å²) in [5, 5.41) is 0. The fourth-order valence-corrected chi connectivity index (χ4v) is 3.56. The van der Waals surface area contributed by atoms with E-state index in [9.17, 15) is 0 Å². The fourth-order valence-electron chi connectivity index (χ4n) is 2.29. The molecular formula is C11H13NS. The first-order valence-corrected chi connectivity index (χ1v) is 5.76. The molecule has 0 aliphatic carbocycles. The third-order valence-corrected chi connectivity index (χ3v) is 4.19. The fraction of sp³-hybridized carbons (Fsp3) is 0.455. The summed E-state index contributed by atoms with van der Waals surface area (Å²) >= 11 is 1.95. The molecule has 2 heterocycles. The van der Waals surface area contributed by atoms with E-state index in [0.717, 1.165) is 6.04 Å². The molecule has 0 amide bonds. The van der Waals surface area contributed by atoms with Crippen molar-refractivity contribution in [2.75, 3.05) is 6.54 Å². The summed E-state index contributed by atoms with van der Waals surface area (Å²) in [6, 6.07) is 9.56. The Morgan fingerprint density at radius 2 is 2.15 bits per heavy atom. The van der Waals surface area contributed by atoms with Gasteiger partial charge in [0.25, 0.3) is 0 Å². The highest BCUT2D eigenvalue weighted by Crippen LogP contribution is 2.48. The molecule has 13 heavy (non-hydrogen) atoms. The molecule has 68 valence electrons. The van der Waals surface area contributed by atoms with E-state index < -0.39 is 0 Å². The molecule has 1 atom stereocenters. The third-order valence-electron chi connectivity index (χ3n) is 2.95. The van der Waals surface area contributed by atoms with Crippen molar-refractivity contribution in [3.05, 3.63) is 29.8 Å². The van der Waals surface area contributed by atoms with Gasteiger partial charge < -0.3 is 0 Å². The number of benzene rings is 1. The highest BCUT2D eigenvalue weighted by Gasteiger charge is 2.32. The van der Waals surface area contributed by atoms with Crippen LogP contribution in [0.15, 0.2) is 29.2 Å². The maximum Gasteiger partial charge on any atom is 0.0467 e. The first-order valence-electron chi connectivity index (χ1n) is 4.99. The molecule has 0 radical (unpaired) electrons. The number of piperidine rings is 1. The van der Waals surface area contributed by atoms with E-state index >= 15 is 0 Å². The summed E-state index contributed by atoms with van der Waals surface area (Å²) in [5.74, 6) is 0. The average Bonchev–Trinajstić information content (AvgIpc) is 2.56. The lowest BCUT2D eigenvalue weighted by molar-refractivity contribution is 0.287. The molecule has 2 aliphatic heterocycles. The molecule has 1 saturated heterocycles. The lowest BCUT2D eigenvalue weighted by Crippen LogP contribution is -2.23. The Balaban J connectivity index is 2.01. The Hall–Kier alpha value is -0.470. The highest BCUT2D eigenvalue weighted by molar-refractivity contribution is 7.97. The van der Waals surface area contributed by atoms with Gasteiger partial charge in [-0.05, 0) is 36.4 Å². The molecule has 1 fully saturated rings. The van der Waals surface area contributed by atoms with Crippen LogP contribution in [0.1, 0.15) is 30.9 Å². The van der Waals surface area contributed by atoms with E-state index in [1.807, 2.05) is 11.9 Å². The Labute approximate surface area is 83.3 Å². The molecule has 1 unspecified atom stereocenters. The maximum atomic E-state index is 2.55. The van der Waals surface area contributed by atoms with Crippen molar-refractivity contribution >= 4 is 11.9 Å². The summed E-state index contributed by atoms with van der Waals surface area (Å²) in [4.78, 5) is 1.48. The minimum Gasteiger partial charge on any atom is -0.239 e. The second kappa shape index (κ2) is 3.03. The summed E-state index contributed by atoms with van der Waals surface area (Å²) < 4.78 is 2.55. The number of rotatable bonds is 0. The van der Waals surface area contributed by atoms with Crippen molar-refractivity contribution in [2.24, 2.45) is 0 Å². The predicted molar refractivity (Wildman–Crippen MR) is 55.6 cm³/mol. The zero-order valence-electron chi connectivity index (χ0n) is 7.57. The minimum atomic E-state index is 0.718. The Morgan fingerprint density at radius 1 is 1.23 bits per heavy atom. The topological polar surface area (TPSA) is 3.24 Å². The van der Waals surface area contributed by atoms with Crippen molar-refractivity contribution in [2.45, 2.75) is 30.2 Å². The van der Waals surface area contributed by atoms with E-state index in [0.29, 0.717) is 0 Å². The predicted octanol–water partition coefficient (Wildman–Crippen LogP) is 3.23. The van der Waals surface area contributed by atoms with E-state index in [-0.39, 0.29) is 0 Å². The largest absolute Gasteiger partial charge is 0.239 e. The Bertz CT molecular complexity index is 324. The molecule has 0 N–H and O–H groups in total. The van der Waals surface area contributed by atoms with E-state index in [2.05, 4.69) is 28.6 Å². The van der Waals surface area contributed by atoms with Gasteiger partial charge in [-0.25, -0.2) is 4.31 Å². The molecule has 0 spiro atoms. The van der Waals surface area contributed by atoms with Crippen molar-refractivity contribution in [3.63, 3.8) is 0 Å². The third kappa shape index (κ3) is 1.20. The van der Waals surface area contributed by atoms with Gasteiger partial charge in [-0.3, -0.25) is 0 Å². The van der Waals surface area contributed by atoms with E-state index in [1.165, 1.54) is 30.7 Å². The van der Waals surface area contributed by atoms with Crippen LogP contribution in [0.4, 0.5) is 0 Å². The number of fused-ring (bicyclic) bond motifs is 3. The van der Waals surface area contributed by atoms with Crippen LogP contribution in [-0.2, 0) is 0 Å². The maximum absolute atomic E-state index is 2.55. The normalized spacial score (nSPS) is 26.9. The molecule has 0 bridgehead atoms. The van der Waals surface area contributed by atoms with Crippen LogP contribution in [0.5, 0.6) is 0 Å². The minimum absolute atomic E-state index is 0.718. The molecule has 1 aromatic carbocycles. The first-order chi connectivity index (χ1) is 6.45. The quantitative estimate of drug-likeness (QED) is 0.579. The zero-order valence-corrected chi connectivity index (χ0v) is 8.39. The lowest BCUT2D eigenvalue weighted by atomic mass is 9.98. The van der Waals surface area contributed by atoms with E-state index in [4.69, 9.17) is 0 Å². The van der Waals surface area contributed by atoms with Crippen LogP contribution in [-0.4, -0.2) is 10.8 Å². The van der Waals surface area contributed by atoms with Crippen molar-refractivity contribution in [1.29, 1.82) is 0 Å². The van der Waals surface area contributed by atoms with Crippen LogP contribution >= 0.6 is 11.9 Å².